The van der Waals surface area contributed by atoms with Crippen molar-refractivity contribution < 1.29 is 4.79 Å². The number of rotatable bonds is 8. The average molecular weight is 370 g/mol. The maximum atomic E-state index is 12.3. The number of aryl methyl sites for hydroxylation is 2. The number of Topliss-reactive ketones (excluding diaryl/α,β-unsaturated/α-hetero) is 1. The number of carbonyl (C=O) groups excluding carboxylic acids is 1. The van der Waals surface area contributed by atoms with Crippen LogP contribution < -0.4 is 10.5 Å². The summed E-state index contributed by atoms with van der Waals surface area (Å²) in [5, 5.41) is 4.94. The van der Waals surface area contributed by atoms with Crippen LogP contribution in [0.4, 0.5) is 5.13 Å². The first-order valence-electron chi connectivity index (χ1n) is 8.73. The zero-order valence-corrected chi connectivity index (χ0v) is 15.8. The molecular formula is C19H22N4O2S. The molecule has 6 nitrogen and oxygen atoms in total. The summed E-state index contributed by atoms with van der Waals surface area (Å²) >= 11 is 1.33. The smallest absolute Gasteiger partial charge is 0.275 e. The second kappa shape index (κ2) is 8.23. The highest BCUT2D eigenvalue weighted by Crippen LogP contribution is 2.20. The Morgan fingerprint density at radius 1 is 1.23 bits per heavy atom. The zero-order valence-electron chi connectivity index (χ0n) is 15.0. The number of benzene rings is 1. The number of hydrogen-bond donors (Lipinski definition) is 0. The van der Waals surface area contributed by atoms with E-state index in [9.17, 15) is 9.59 Å². The van der Waals surface area contributed by atoms with Crippen molar-refractivity contribution in [3.63, 3.8) is 0 Å². The van der Waals surface area contributed by atoms with Crippen LogP contribution in [-0.4, -0.2) is 34.0 Å². The van der Waals surface area contributed by atoms with Crippen LogP contribution in [0.2, 0.25) is 0 Å². The lowest BCUT2D eigenvalue weighted by Gasteiger charge is -2.13. The largest absolute Gasteiger partial charge is 0.342 e. The Balaban J connectivity index is 1.67. The van der Waals surface area contributed by atoms with Crippen LogP contribution in [0.5, 0.6) is 0 Å². The second-order valence-electron chi connectivity index (χ2n) is 6.30. The van der Waals surface area contributed by atoms with Crippen molar-refractivity contribution >= 4 is 27.2 Å². The van der Waals surface area contributed by atoms with Crippen molar-refractivity contribution in [1.82, 2.24) is 14.6 Å². The molecule has 136 valence electrons. The number of hydrogen-bond acceptors (Lipinski definition) is 6. The standard InChI is InChI=1S/C19H22N4O2S/c1-3-7-15-12-17(25)23-18(20-15)26-19(21-23)22(2)13-16(24)11-10-14-8-5-4-6-9-14/h4-6,8-9,12H,3,7,10-11,13H2,1-2H3. The minimum atomic E-state index is -0.176. The molecule has 0 aliphatic carbocycles. The topological polar surface area (TPSA) is 67.6 Å². The van der Waals surface area contributed by atoms with Crippen LogP contribution in [0.15, 0.2) is 41.2 Å². The van der Waals surface area contributed by atoms with Gasteiger partial charge in [-0.15, -0.1) is 5.10 Å². The predicted octanol–water partition coefficient (Wildman–Crippen LogP) is 2.74. The first kappa shape index (κ1) is 18.3. The first-order valence-corrected chi connectivity index (χ1v) is 9.55. The molecule has 0 spiro atoms. The van der Waals surface area contributed by atoms with Crippen molar-refractivity contribution in [2.24, 2.45) is 0 Å². The summed E-state index contributed by atoms with van der Waals surface area (Å²) in [7, 11) is 1.82. The van der Waals surface area contributed by atoms with Crippen LogP contribution in [0.25, 0.3) is 4.96 Å². The number of fused-ring (bicyclic) bond motifs is 1. The summed E-state index contributed by atoms with van der Waals surface area (Å²) in [5.74, 6) is 0.141. The van der Waals surface area contributed by atoms with Gasteiger partial charge in [-0.3, -0.25) is 9.59 Å². The monoisotopic (exact) mass is 370 g/mol. The summed E-state index contributed by atoms with van der Waals surface area (Å²) in [6, 6.07) is 11.5. The van der Waals surface area contributed by atoms with Crippen LogP contribution >= 0.6 is 11.3 Å². The summed E-state index contributed by atoms with van der Waals surface area (Å²) in [5.41, 5.74) is 1.77. The number of anilines is 1. The molecule has 0 saturated heterocycles. The number of aromatic nitrogens is 3. The lowest BCUT2D eigenvalue weighted by molar-refractivity contribution is -0.117. The Hall–Kier alpha value is -2.54. The summed E-state index contributed by atoms with van der Waals surface area (Å²) in [6.45, 7) is 2.32. The van der Waals surface area contributed by atoms with Gasteiger partial charge in [0.2, 0.25) is 10.1 Å². The van der Waals surface area contributed by atoms with E-state index in [1.54, 1.807) is 4.90 Å². The van der Waals surface area contributed by atoms with E-state index in [4.69, 9.17) is 0 Å². The van der Waals surface area contributed by atoms with Crippen molar-refractivity contribution in [2.75, 3.05) is 18.5 Å². The molecule has 0 fully saturated rings. The van der Waals surface area contributed by atoms with Gasteiger partial charge in [-0.1, -0.05) is 55.0 Å². The van der Waals surface area contributed by atoms with E-state index in [2.05, 4.69) is 17.0 Å². The quantitative estimate of drug-likeness (QED) is 0.610. The second-order valence-corrected chi connectivity index (χ2v) is 7.23. The molecule has 7 heteroatoms. The van der Waals surface area contributed by atoms with Gasteiger partial charge in [-0.05, 0) is 18.4 Å². The fourth-order valence-corrected chi connectivity index (χ4v) is 3.61. The summed E-state index contributed by atoms with van der Waals surface area (Å²) < 4.78 is 1.31. The van der Waals surface area contributed by atoms with E-state index in [0.717, 1.165) is 30.5 Å². The molecule has 0 aliphatic rings. The van der Waals surface area contributed by atoms with E-state index in [-0.39, 0.29) is 17.9 Å². The van der Waals surface area contributed by atoms with Gasteiger partial charge in [0.05, 0.1) is 6.54 Å². The molecule has 2 aromatic heterocycles. The number of likely N-dealkylation sites (N-methyl/N-ethyl adjacent to an activating group) is 1. The highest BCUT2D eigenvalue weighted by Gasteiger charge is 2.14. The molecule has 0 aliphatic heterocycles. The number of carbonyl (C=O) groups is 1. The third-order valence-corrected chi connectivity index (χ3v) is 5.09. The van der Waals surface area contributed by atoms with Gasteiger partial charge in [0, 0.05) is 25.2 Å². The first-order chi connectivity index (χ1) is 12.6. The third kappa shape index (κ3) is 4.35. The Morgan fingerprint density at radius 3 is 2.73 bits per heavy atom. The Bertz CT molecular complexity index is 949. The van der Waals surface area contributed by atoms with E-state index in [1.165, 1.54) is 21.9 Å². The van der Waals surface area contributed by atoms with E-state index >= 15 is 0 Å². The maximum Gasteiger partial charge on any atom is 0.275 e. The molecule has 3 rings (SSSR count). The highest BCUT2D eigenvalue weighted by atomic mass is 32.1. The molecule has 0 bridgehead atoms. The van der Waals surface area contributed by atoms with E-state index < -0.39 is 0 Å². The normalized spacial score (nSPS) is 11.0. The number of ketones is 1. The third-order valence-electron chi connectivity index (χ3n) is 4.07. The summed E-state index contributed by atoms with van der Waals surface area (Å²) in [4.78, 5) is 31.3. The molecule has 0 N–H and O–H groups in total. The molecular weight excluding hydrogens is 348 g/mol. The highest BCUT2D eigenvalue weighted by molar-refractivity contribution is 7.20. The molecule has 26 heavy (non-hydrogen) atoms. The minimum absolute atomic E-state index is 0.141. The van der Waals surface area contributed by atoms with Crippen molar-refractivity contribution in [1.29, 1.82) is 0 Å². The predicted molar refractivity (Wildman–Crippen MR) is 104 cm³/mol. The molecule has 1 aromatic carbocycles. The Labute approximate surface area is 156 Å². The van der Waals surface area contributed by atoms with Gasteiger partial charge < -0.3 is 4.90 Å². The lowest BCUT2D eigenvalue weighted by Crippen LogP contribution is -2.26. The van der Waals surface area contributed by atoms with Gasteiger partial charge in [0.15, 0.2) is 5.78 Å². The van der Waals surface area contributed by atoms with Crippen LogP contribution in [0, 0.1) is 0 Å². The van der Waals surface area contributed by atoms with E-state index in [0.29, 0.717) is 16.5 Å². The zero-order chi connectivity index (χ0) is 18.5. The summed E-state index contributed by atoms with van der Waals surface area (Å²) in [6.07, 6.45) is 2.92. The molecule has 0 radical (unpaired) electrons. The molecule has 0 atom stereocenters. The SMILES string of the molecule is CCCc1cc(=O)n2nc(N(C)CC(=O)CCc3ccccc3)sc2n1. The van der Waals surface area contributed by atoms with Gasteiger partial charge in [-0.2, -0.15) is 4.52 Å². The van der Waals surface area contributed by atoms with Gasteiger partial charge in [0.25, 0.3) is 5.56 Å². The van der Waals surface area contributed by atoms with Crippen LogP contribution in [0.1, 0.15) is 31.0 Å². The van der Waals surface area contributed by atoms with Crippen molar-refractivity contribution in [2.45, 2.75) is 32.6 Å². The Morgan fingerprint density at radius 2 is 2.00 bits per heavy atom. The molecule has 3 aromatic rings. The number of nitrogens with zero attached hydrogens (tertiary/aromatic N) is 4. The van der Waals surface area contributed by atoms with Gasteiger partial charge >= 0.3 is 0 Å². The molecule has 2 heterocycles. The molecule has 0 amide bonds. The lowest BCUT2D eigenvalue weighted by atomic mass is 10.1. The average Bonchev–Trinajstić information content (AvgIpc) is 3.06. The van der Waals surface area contributed by atoms with Gasteiger partial charge in [-0.25, -0.2) is 4.98 Å². The minimum Gasteiger partial charge on any atom is -0.342 e. The van der Waals surface area contributed by atoms with Crippen LogP contribution in [-0.2, 0) is 17.6 Å². The van der Waals surface area contributed by atoms with Crippen molar-refractivity contribution in [3.8, 4) is 0 Å². The van der Waals surface area contributed by atoms with Gasteiger partial charge in [0.1, 0.15) is 0 Å². The van der Waals surface area contributed by atoms with Crippen molar-refractivity contribution in [3.05, 3.63) is 58.0 Å². The molecule has 0 unspecified atom stereocenters. The fourth-order valence-electron chi connectivity index (χ4n) is 2.72. The fraction of sp³-hybridized carbons (Fsp3) is 0.368. The molecule has 0 saturated carbocycles. The Kier molecular flexibility index (Phi) is 5.78. The van der Waals surface area contributed by atoms with E-state index in [1.807, 2.05) is 37.4 Å². The maximum absolute atomic E-state index is 12.3. The van der Waals surface area contributed by atoms with Crippen LogP contribution in [0.3, 0.4) is 0 Å².